The van der Waals surface area contributed by atoms with Gasteiger partial charge in [-0.05, 0) is 37.8 Å². The highest BCUT2D eigenvalue weighted by atomic mass is 14.9. The van der Waals surface area contributed by atoms with Crippen molar-refractivity contribution < 1.29 is 0 Å². The summed E-state index contributed by atoms with van der Waals surface area (Å²) < 4.78 is 0. The number of anilines is 1. The lowest BCUT2D eigenvalue weighted by Crippen LogP contribution is -2.12. The predicted molar refractivity (Wildman–Crippen MR) is 63.9 cm³/mol. The van der Waals surface area contributed by atoms with Gasteiger partial charge in [-0.25, -0.2) is 0 Å². The molecule has 0 aliphatic carbocycles. The molecule has 1 aromatic rings. The largest absolute Gasteiger partial charge is 0.385 e. The molecule has 0 saturated heterocycles. The normalized spacial score (nSPS) is 13.0. The molecule has 0 fully saturated rings. The van der Waals surface area contributed by atoms with Crippen LogP contribution < -0.4 is 5.32 Å². The molecule has 0 radical (unpaired) electrons. The summed E-state index contributed by atoms with van der Waals surface area (Å²) >= 11 is 0. The first kappa shape index (κ1) is 10.8. The van der Waals surface area contributed by atoms with E-state index >= 15 is 0 Å². The van der Waals surface area contributed by atoms with Gasteiger partial charge < -0.3 is 5.32 Å². The number of para-hydroxylation sites is 1. The maximum Gasteiger partial charge on any atom is 0.0402 e. The number of aryl methyl sites for hydroxylation is 2. The van der Waals surface area contributed by atoms with Gasteiger partial charge in [-0.15, -0.1) is 6.58 Å². The smallest absolute Gasteiger partial charge is 0.0402 e. The fourth-order valence-corrected chi connectivity index (χ4v) is 1.68. The van der Waals surface area contributed by atoms with E-state index in [4.69, 9.17) is 0 Å². The van der Waals surface area contributed by atoms with Gasteiger partial charge in [0.15, 0.2) is 0 Å². The highest BCUT2D eigenvalue weighted by Crippen LogP contribution is 2.24. The number of fused-ring (bicyclic) bond motifs is 1. The van der Waals surface area contributed by atoms with Gasteiger partial charge in [0.1, 0.15) is 0 Å². The second-order valence-electron chi connectivity index (χ2n) is 3.55. The first-order valence-electron chi connectivity index (χ1n) is 5.19. The quantitative estimate of drug-likeness (QED) is 0.615. The van der Waals surface area contributed by atoms with Gasteiger partial charge in [-0.3, -0.25) is 0 Å². The van der Waals surface area contributed by atoms with Crippen LogP contribution >= 0.6 is 0 Å². The summed E-state index contributed by atoms with van der Waals surface area (Å²) in [5.41, 5.74) is 4.23. The van der Waals surface area contributed by atoms with Crippen molar-refractivity contribution >= 4 is 5.69 Å². The van der Waals surface area contributed by atoms with Crippen LogP contribution in [0.25, 0.3) is 0 Å². The minimum atomic E-state index is 1.14. The Morgan fingerprint density at radius 1 is 1.43 bits per heavy atom. The molecule has 0 amide bonds. The van der Waals surface area contributed by atoms with E-state index in [9.17, 15) is 0 Å². The van der Waals surface area contributed by atoms with E-state index < -0.39 is 0 Å². The summed E-state index contributed by atoms with van der Waals surface area (Å²) in [5.74, 6) is 0. The lowest BCUT2D eigenvalue weighted by molar-refractivity contribution is 0.827. The van der Waals surface area contributed by atoms with E-state index in [0.717, 1.165) is 6.54 Å². The molecular weight excluding hydrogens is 170 g/mol. The third kappa shape index (κ3) is 2.63. The zero-order chi connectivity index (χ0) is 10.4. The van der Waals surface area contributed by atoms with Crippen molar-refractivity contribution in [3.8, 4) is 0 Å². The van der Waals surface area contributed by atoms with Crippen molar-refractivity contribution in [2.24, 2.45) is 0 Å². The number of nitrogens with one attached hydrogen (secondary N) is 1. The Kier molecular flexibility index (Phi) is 4.24. The fraction of sp³-hybridized carbons (Fsp3) is 0.385. The molecule has 0 spiro atoms. The summed E-state index contributed by atoms with van der Waals surface area (Å²) in [6, 6.07) is 6.52. The molecule has 14 heavy (non-hydrogen) atoms. The number of hydrogen-bond donors (Lipinski definition) is 1. The predicted octanol–water partition coefficient (Wildman–Crippen LogP) is 3.55. The van der Waals surface area contributed by atoms with Crippen LogP contribution in [0.15, 0.2) is 30.9 Å². The maximum absolute atomic E-state index is 3.43. The van der Waals surface area contributed by atoms with Crippen LogP contribution in [-0.4, -0.2) is 6.54 Å². The number of benzene rings is 1. The molecule has 76 valence electrons. The van der Waals surface area contributed by atoms with Gasteiger partial charge in [-0.2, -0.15) is 0 Å². The SMILES string of the molecule is C=CC.Cc1cccc2c1NCCC2. The van der Waals surface area contributed by atoms with E-state index in [1.807, 2.05) is 6.92 Å². The van der Waals surface area contributed by atoms with Crippen LogP contribution in [0.2, 0.25) is 0 Å². The zero-order valence-corrected chi connectivity index (χ0v) is 9.14. The van der Waals surface area contributed by atoms with Crippen molar-refractivity contribution in [2.75, 3.05) is 11.9 Å². The van der Waals surface area contributed by atoms with Crippen molar-refractivity contribution in [1.29, 1.82) is 0 Å². The van der Waals surface area contributed by atoms with Crippen LogP contribution in [0, 0.1) is 6.92 Å². The fourth-order valence-electron chi connectivity index (χ4n) is 1.68. The van der Waals surface area contributed by atoms with E-state index in [2.05, 4.69) is 37.0 Å². The van der Waals surface area contributed by atoms with Crippen molar-refractivity contribution in [1.82, 2.24) is 0 Å². The van der Waals surface area contributed by atoms with Crippen LogP contribution in [0.3, 0.4) is 0 Å². The summed E-state index contributed by atoms with van der Waals surface area (Å²) in [5, 5.41) is 3.43. The summed E-state index contributed by atoms with van der Waals surface area (Å²) in [4.78, 5) is 0. The van der Waals surface area contributed by atoms with Crippen molar-refractivity contribution in [3.05, 3.63) is 42.0 Å². The first-order chi connectivity index (χ1) is 6.79. The molecule has 1 aromatic carbocycles. The third-order valence-corrected chi connectivity index (χ3v) is 2.28. The van der Waals surface area contributed by atoms with Gasteiger partial charge >= 0.3 is 0 Å². The molecule has 1 aliphatic rings. The second kappa shape index (κ2) is 5.48. The lowest BCUT2D eigenvalue weighted by Gasteiger charge is -2.19. The van der Waals surface area contributed by atoms with Gasteiger partial charge in [0.2, 0.25) is 0 Å². The van der Waals surface area contributed by atoms with Crippen LogP contribution in [0.1, 0.15) is 24.5 Å². The number of rotatable bonds is 0. The summed E-state index contributed by atoms with van der Waals surface area (Å²) in [6.07, 6.45) is 4.26. The molecule has 1 heterocycles. The highest BCUT2D eigenvalue weighted by Gasteiger charge is 2.08. The van der Waals surface area contributed by atoms with Crippen molar-refractivity contribution in [2.45, 2.75) is 26.7 Å². The molecule has 2 rings (SSSR count). The summed E-state index contributed by atoms with van der Waals surface area (Å²) in [6.45, 7) is 8.55. The second-order valence-corrected chi connectivity index (χ2v) is 3.55. The average molecular weight is 189 g/mol. The Hall–Kier alpha value is -1.24. The van der Waals surface area contributed by atoms with Crippen LogP contribution in [0.4, 0.5) is 5.69 Å². The Morgan fingerprint density at radius 2 is 2.14 bits per heavy atom. The Morgan fingerprint density at radius 3 is 2.79 bits per heavy atom. The summed E-state index contributed by atoms with van der Waals surface area (Å²) in [7, 11) is 0. The third-order valence-electron chi connectivity index (χ3n) is 2.28. The monoisotopic (exact) mass is 189 g/mol. The maximum atomic E-state index is 3.43. The molecule has 1 heteroatoms. The topological polar surface area (TPSA) is 12.0 Å². The van der Waals surface area contributed by atoms with E-state index in [0.29, 0.717) is 0 Å². The van der Waals surface area contributed by atoms with Gasteiger partial charge in [0.25, 0.3) is 0 Å². The van der Waals surface area contributed by atoms with Crippen molar-refractivity contribution in [3.63, 3.8) is 0 Å². The Labute approximate surface area is 86.8 Å². The number of allylic oxidation sites excluding steroid dienone is 1. The van der Waals surface area contributed by atoms with E-state index in [-0.39, 0.29) is 0 Å². The zero-order valence-electron chi connectivity index (χ0n) is 9.14. The number of hydrogen-bond acceptors (Lipinski definition) is 1. The molecule has 1 N–H and O–H groups in total. The Bertz CT molecular complexity index is 302. The first-order valence-corrected chi connectivity index (χ1v) is 5.19. The molecule has 0 saturated carbocycles. The van der Waals surface area contributed by atoms with Gasteiger partial charge in [0, 0.05) is 12.2 Å². The molecule has 1 nitrogen and oxygen atoms in total. The van der Waals surface area contributed by atoms with Gasteiger partial charge in [-0.1, -0.05) is 24.3 Å². The van der Waals surface area contributed by atoms with Crippen LogP contribution in [-0.2, 0) is 6.42 Å². The molecule has 0 unspecified atom stereocenters. The molecular formula is C13H19N. The van der Waals surface area contributed by atoms with Gasteiger partial charge in [0.05, 0.1) is 0 Å². The molecule has 0 atom stereocenters. The standard InChI is InChI=1S/C10H13N.C3H6/c1-8-4-2-5-9-6-3-7-11-10(8)9;1-3-2/h2,4-5,11H,3,6-7H2,1H3;3H,1H2,2H3. The lowest BCUT2D eigenvalue weighted by atomic mass is 10.0. The minimum Gasteiger partial charge on any atom is -0.385 e. The van der Waals surface area contributed by atoms with E-state index in [1.165, 1.54) is 29.7 Å². The van der Waals surface area contributed by atoms with Crippen LogP contribution in [0.5, 0.6) is 0 Å². The minimum absolute atomic E-state index is 1.14. The highest BCUT2D eigenvalue weighted by molar-refractivity contribution is 5.58. The Balaban J connectivity index is 0.000000293. The molecule has 0 bridgehead atoms. The average Bonchev–Trinajstić information content (AvgIpc) is 2.20. The molecule has 1 aliphatic heterocycles. The van der Waals surface area contributed by atoms with E-state index in [1.54, 1.807) is 6.08 Å². The molecule has 0 aromatic heterocycles.